The SMILES string of the molecule is CC(=O)C(=O)/C(=C(/N)C(=O)C=O)c1ccnc(C)c1. The first-order valence-electron chi connectivity index (χ1n) is 5.36. The lowest BCUT2D eigenvalue weighted by Gasteiger charge is -2.08. The highest BCUT2D eigenvalue weighted by molar-refractivity contribution is 6.56. The third-order valence-corrected chi connectivity index (χ3v) is 2.37. The first-order chi connectivity index (χ1) is 8.88. The Morgan fingerprint density at radius 1 is 1.32 bits per heavy atom. The highest BCUT2D eigenvalue weighted by Gasteiger charge is 2.23. The largest absolute Gasteiger partial charge is 0.395 e. The van der Waals surface area contributed by atoms with Crippen molar-refractivity contribution in [3.63, 3.8) is 0 Å². The number of nitrogens with two attached hydrogens (primary N) is 1. The molecule has 0 fully saturated rings. The molecule has 0 aliphatic heterocycles. The number of carbonyl (C=O) groups excluding carboxylic acids is 4. The van der Waals surface area contributed by atoms with Crippen LogP contribution in [0.5, 0.6) is 0 Å². The second-order valence-corrected chi connectivity index (χ2v) is 3.84. The molecule has 0 spiro atoms. The maximum atomic E-state index is 11.8. The minimum absolute atomic E-state index is 0.00318. The van der Waals surface area contributed by atoms with Gasteiger partial charge >= 0.3 is 0 Å². The molecule has 6 nitrogen and oxygen atoms in total. The summed E-state index contributed by atoms with van der Waals surface area (Å²) in [5.74, 6) is -2.73. The fraction of sp³-hybridized carbons (Fsp3) is 0.154. The number of aromatic nitrogens is 1. The van der Waals surface area contributed by atoms with Crippen molar-refractivity contribution in [2.24, 2.45) is 5.73 Å². The van der Waals surface area contributed by atoms with Crippen LogP contribution in [-0.2, 0) is 19.2 Å². The number of rotatable bonds is 5. The molecule has 0 aliphatic rings. The number of ketones is 3. The van der Waals surface area contributed by atoms with Crippen molar-refractivity contribution < 1.29 is 19.2 Å². The Balaban J connectivity index is 3.53. The lowest BCUT2D eigenvalue weighted by molar-refractivity contribution is -0.132. The summed E-state index contributed by atoms with van der Waals surface area (Å²) in [5, 5.41) is 0. The van der Waals surface area contributed by atoms with Crippen molar-refractivity contribution >= 4 is 29.2 Å². The molecule has 0 amide bonds. The zero-order valence-electron chi connectivity index (χ0n) is 10.5. The molecule has 0 aliphatic carbocycles. The Hall–Kier alpha value is -2.63. The summed E-state index contributed by atoms with van der Waals surface area (Å²) < 4.78 is 0. The van der Waals surface area contributed by atoms with Crippen LogP contribution in [-0.4, -0.2) is 28.6 Å². The van der Waals surface area contributed by atoms with Gasteiger partial charge in [-0.25, -0.2) is 0 Å². The molecule has 1 rings (SSSR count). The van der Waals surface area contributed by atoms with E-state index >= 15 is 0 Å². The first-order valence-corrected chi connectivity index (χ1v) is 5.36. The third kappa shape index (κ3) is 3.19. The summed E-state index contributed by atoms with van der Waals surface area (Å²) in [7, 11) is 0. The Morgan fingerprint density at radius 2 is 1.95 bits per heavy atom. The summed E-state index contributed by atoms with van der Waals surface area (Å²) in [5.41, 5.74) is 5.55. The number of pyridine rings is 1. The van der Waals surface area contributed by atoms with E-state index in [-0.39, 0.29) is 17.4 Å². The van der Waals surface area contributed by atoms with Crippen LogP contribution in [0.4, 0.5) is 0 Å². The third-order valence-electron chi connectivity index (χ3n) is 2.37. The van der Waals surface area contributed by atoms with Crippen molar-refractivity contribution in [3.05, 3.63) is 35.3 Å². The highest BCUT2D eigenvalue weighted by Crippen LogP contribution is 2.19. The van der Waals surface area contributed by atoms with Crippen LogP contribution in [0.1, 0.15) is 18.2 Å². The summed E-state index contributed by atoms with van der Waals surface area (Å²) in [6.45, 7) is 2.74. The summed E-state index contributed by atoms with van der Waals surface area (Å²) in [4.78, 5) is 48.8. The number of hydrogen-bond acceptors (Lipinski definition) is 6. The second kappa shape index (κ2) is 5.81. The minimum atomic E-state index is -1.04. The number of carbonyl (C=O) groups is 4. The van der Waals surface area contributed by atoms with E-state index in [0.717, 1.165) is 6.92 Å². The molecule has 0 saturated heterocycles. The van der Waals surface area contributed by atoms with Gasteiger partial charge < -0.3 is 5.73 Å². The molecular formula is C13H12N2O4. The van der Waals surface area contributed by atoms with Gasteiger partial charge in [-0.2, -0.15) is 0 Å². The van der Waals surface area contributed by atoms with Crippen LogP contribution in [0.3, 0.4) is 0 Å². The average Bonchev–Trinajstić information content (AvgIpc) is 2.37. The molecule has 0 unspecified atom stereocenters. The highest BCUT2D eigenvalue weighted by atomic mass is 16.2. The van der Waals surface area contributed by atoms with E-state index in [2.05, 4.69) is 4.98 Å². The van der Waals surface area contributed by atoms with Crippen LogP contribution in [0.2, 0.25) is 0 Å². The van der Waals surface area contributed by atoms with E-state index in [0.29, 0.717) is 5.69 Å². The summed E-state index contributed by atoms with van der Waals surface area (Å²) in [6.07, 6.45) is 1.41. The van der Waals surface area contributed by atoms with Crippen LogP contribution >= 0.6 is 0 Å². The molecule has 0 bridgehead atoms. The predicted molar refractivity (Wildman–Crippen MR) is 66.8 cm³/mol. The number of hydrogen-bond donors (Lipinski definition) is 1. The molecule has 0 saturated carbocycles. The Bertz CT molecular complexity index is 602. The topological polar surface area (TPSA) is 107 Å². The van der Waals surface area contributed by atoms with E-state index < -0.39 is 23.0 Å². The van der Waals surface area contributed by atoms with Gasteiger partial charge in [0.2, 0.25) is 11.6 Å². The molecular weight excluding hydrogens is 248 g/mol. The Morgan fingerprint density at radius 3 is 2.42 bits per heavy atom. The Kier molecular flexibility index (Phi) is 4.41. The molecule has 1 aromatic rings. The standard InChI is InChI=1S/C13H12N2O4/c1-7-5-9(3-4-15-7)11(13(19)8(2)17)12(14)10(18)6-16/h3-6H,14H2,1-2H3/b12-11+. The summed E-state index contributed by atoms with van der Waals surface area (Å²) >= 11 is 0. The monoisotopic (exact) mass is 260 g/mol. The Labute approximate surface area is 109 Å². The van der Waals surface area contributed by atoms with Gasteiger partial charge in [0, 0.05) is 18.8 Å². The molecule has 2 N–H and O–H groups in total. The van der Waals surface area contributed by atoms with Crippen LogP contribution in [0.15, 0.2) is 24.0 Å². The van der Waals surface area contributed by atoms with Gasteiger partial charge in [-0.3, -0.25) is 24.2 Å². The molecule has 1 aromatic heterocycles. The van der Waals surface area contributed by atoms with Crippen molar-refractivity contribution in [2.75, 3.05) is 0 Å². The number of allylic oxidation sites excluding steroid dienone is 2. The van der Waals surface area contributed by atoms with Crippen LogP contribution in [0, 0.1) is 6.92 Å². The van der Waals surface area contributed by atoms with Gasteiger partial charge in [0.05, 0.1) is 11.3 Å². The van der Waals surface area contributed by atoms with Crippen LogP contribution < -0.4 is 5.73 Å². The number of aryl methyl sites for hydroxylation is 1. The quantitative estimate of drug-likeness (QED) is 0.453. The fourth-order valence-corrected chi connectivity index (χ4v) is 1.47. The number of aldehydes is 1. The van der Waals surface area contributed by atoms with Gasteiger partial charge in [0.25, 0.3) is 0 Å². The smallest absolute Gasteiger partial charge is 0.241 e. The van der Waals surface area contributed by atoms with Gasteiger partial charge in [0.15, 0.2) is 12.1 Å². The van der Waals surface area contributed by atoms with Crippen molar-refractivity contribution in [3.8, 4) is 0 Å². The van der Waals surface area contributed by atoms with E-state index in [1.807, 2.05) is 0 Å². The second-order valence-electron chi connectivity index (χ2n) is 3.84. The van der Waals surface area contributed by atoms with Gasteiger partial charge in [-0.1, -0.05) is 0 Å². The number of Topliss-reactive ketones (excluding diaryl/α,β-unsaturated/α-hetero) is 3. The van der Waals surface area contributed by atoms with Gasteiger partial charge in [0.1, 0.15) is 0 Å². The number of nitrogens with zero attached hydrogens (tertiary/aromatic N) is 1. The average molecular weight is 260 g/mol. The van der Waals surface area contributed by atoms with Crippen LogP contribution in [0.25, 0.3) is 5.57 Å². The first kappa shape index (κ1) is 14.4. The minimum Gasteiger partial charge on any atom is -0.395 e. The maximum absolute atomic E-state index is 11.8. The normalized spacial score (nSPS) is 11.5. The van der Waals surface area contributed by atoms with Crippen molar-refractivity contribution in [2.45, 2.75) is 13.8 Å². The van der Waals surface area contributed by atoms with Gasteiger partial charge in [-0.05, 0) is 24.6 Å². The molecule has 1 heterocycles. The lowest BCUT2D eigenvalue weighted by Crippen LogP contribution is -2.22. The lowest BCUT2D eigenvalue weighted by atomic mass is 9.96. The van der Waals surface area contributed by atoms with E-state index in [9.17, 15) is 19.2 Å². The fourth-order valence-electron chi connectivity index (χ4n) is 1.47. The van der Waals surface area contributed by atoms with Crippen molar-refractivity contribution in [1.29, 1.82) is 0 Å². The molecule has 6 heteroatoms. The maximum Gasteiger partial charge on any atom is 0.241 e. The van der Waals surface area contributed by atoms with Crippen molar-refractivity contribution in [1.82, 2.24) is 4.98 Å². The predicted octanol–water partition coefficient (Wildman–Crippen LogP) is -0.0141. The van der Waals surface area contributed by atoms with E-state index in [1.54, 1.807) is 6.92 Å². The zero-order valence-corrected chi connectivity index (χ0v) is 10.5. The summed E-state index contributed by atoms with van der Waals surface area (Å²) in [6, 6.07) is 2.94. The van der Waals surface area contributed by atoms with Gasteiger partial charge in [-0.15, -0.1) is 0 Å². The van der Waals surface area contributed by atoms with E-state index in [1.165, 1.54) is 18.3 Å². The molecule has 0 atom stereocenters. The molecule has 98 valence electrons. The zero-order chi connectivity index (χ0) is 14.6. The molecule has 0 radical (unpaired) electrons. The van der Waals surface area contributed by atoms with E-state index in [4.69, 9.17) is 5.73 Å². The molecule has 19 heavy (non-hydrogen) atoms. The molecule has 0 aromatic carbocycles.